The van der Waals surface area contributed by atoms with Gasteiger partial charge < -0.3 is 5.11 Å². The minimum atomic E-state index is -0.428. The van der Waals surface area contributed by atoms with Crippen LogP contribution in [0, 0.1) is 0 Å². The lowest BCUT2D eigenvalue weighted by Gasteiger charge is -2.13. The number of phenols is 1. The topological polar surface area (TPSA) is 86.5 Å². The van der Waals surface area contributed by atoms with E-state index in [1.807, 2.05) is 51.4 Å². The molecule has 0 atom stereocenters. The van der Waals surface area contributed by atoms with Crippen molar-refractivity contribution in [3.63, 3.8) is 0 Å². The van der Waals surface area contributed by atoms with Crippen molar-refractivity contribution < 1.29 is 5.11 Å². The summed E-state index contributed by atoms with van der Waals surface area (Å²) in [5.41, 5.74) is 3.18. The largest absolute Gasteiger partial charge is 0.506 e. The normalized spacial score (nSPS) is 11.6. The minimum Gasteiger partial charge on any atom is -0.506 e. The number of phenolic OH excluding ortho intramolecular Hbond substituents is 1. The summed E-state index contributed by atoms with van der Waals surface area (Å²) in [6, 6.07) is 17.0. The Morgan fingerprint density at radius 1 is 0.912 bits per heavy atom. The maximum atomic E-state index is 13.3. The molecule has 0 spiro atoms. The van der Waals surface area contributed by atoms with Crippen LogP contribution in [-0.4, -0.2) is 28.2 Å². The summed E-state index contributed by atoms with van der Waals surface area (Å²) in [7, 11) is 3.11. The van der Waals surface area contributed by atoms with E-state index in [0.29, 0.717) is 29.0 Å². The first-order chi connectivity index (χ1) is 16.5. The number of benzene rings is 2. The molecule has 174 valence electrons. The van der Waals surface area contributed by atoms with E-state index >= 15 is 0 Å². The maximum Gasteiger partial charge on any atom is 0.332 e. The molecule has 0 saturated heterocycles. The van der Waals surface area contributed by atoms with Gasteiger partial charge in [0.25, 0.3) is 5.56 Å². The lowest BCUT2D eigenvalue weighted by Crippen LogP contribution is -2.37. The van der Waals surface area contributed by atoms with Gasteiger partial charge in [0, 0.05) is 19.7 Å². The van der Waals surface area contributed by atoms with Gasteiger partial charge in [-0.25, -0.2) is 4.79 Å². The molecule has 0 bridgehead atoms. The quantitative estimate of drug-likeness (QED) is 0.393. The second-order valence-electron chi connectivity index (χ2n) is 8.57. The van der Waals surface area contributed by atoms with Crippen LogP contribution >= 0.6 is 0 Å². The Hall–Kier alpha value is -4.07. The number of nitrogens with zero attached hydrogens (tertiary/aromatic N) is 5. The summed E-state index contributed by atoms with van der Waals surface area (Å²) in [6.45, 7) is 2.15. The fourth-order valence-electron chi connectivity index (χ4n) is 4.67. The van der Waals surface area contributed by atoms with E-state index in [4.69, 9.17) is 4.98 Å². The summed E-state index contributed by atoms with van der Waals surface area (Å²) in [5, 5.41) is 10.8. The summed E-state index contributed by atoms with van der Waals surface area (Å²) < 4.78 is 6.29. The third-order valence-electron chi connectivity index (χ3n) is 6.39. The summed E-state index contributed by atoms with van der Waals surface area (Å²) in [4.78, 5) is 30.8. The average Bonchev–Trinajstić information content (AvgIpc) is 3.38. The van der Waals surface area contributed by atoms with Gasteiger partial charge in [0.1, 0.15) is 5.75 Å². The Bertz CT molecular complexity index is 1640. The van der Waals surface area contributed by atoms with Crippen molar-refractivity contribution >= 4 is 16.9 Å². The van der Waals surface area contributed by atoms with Crippen LogP contribution in [0.1, 0.15) is 31.9 Å². The molecule has 3 aromatic heterocycles. The smallest absolute Gasteiger partial charge is 0.332 e. The van der Waals surface area contributed by atoms with Gasteiger partial charge in [0.05, 0.1) is 17.1 Å². The molecule has 0 aliphatic carbocycles. The predicted octanol–water partition coefficient (Wildman–Crippen LogP) is 3.78. The van der Waals surface area contributed by atoms with Crippen molar-refractivity contribution in [3.05, 3.63) is 81.1 Å². The number of aromatic hydroxyl groups is 1. The summed E-state index contributed by atoms with van der Waals surface area (Å²) >= 11 is 0. The average molecular weight is 458 g/mol. The molecule has 0 aliphatic heterocycles. The molecule has 0 fully saturated rings. The third-order valence-corrected chi connectivity index (χ3v) is 6.39. The lowest BCUT2D eigenvalue weighted by molar-refractivity contribution is 0.472. The van der Waals surface area contributed by atoms with Gasteiger partial charge in [0.2, 0.25) is 5.78 Å². The van der Waals surface area contributed by atoms with Gasteiger partial charge in [-0.15, -0.1) is 0 Å². The Morgan fingerprint density at radius 2 is 1.62 bits per heavy atom. The minimum absolute atomic E-state index is 0.103. The second-order valence-corrected chi connectivity index (χ2v) is 8.57. The van der Waals surface area contributed by atoms with Crippen LogP contribution in [0.4, 0.5) is 0 Å². The summed E-state index contributed by atoms with van der Waals surface area (Å²) in [5.74, 6) is 0.589. The standard InChI is InChI=1S/C26H27N5O3/c1-4-5-7-15-19-21(17-12-8-6-9-13-17)30(18-14-10-11-16-20(18)32)25-27-23-22(31(19)25)24(33)29(3)26(34)28(23)2/h6,8-14,16,32H,4-5,7,15H2,1-3H3. The van der Waals surface area contributed by atoms with E-state index in [1.165, 1.54) is 11.6 Å². The van der Waals surface area contributed by atoms with Crippen LogP contribution in [0.15, 0.2) is 64.2 Å². The number of imidazole rings is 2. The molecular weight excluding hydrogens is 430 g/mol. The molecule has 0 saturated carbocycles. The highest BCUT2D eigenvalue weighted by atomic mass is 16.3. The number of hydrogen-bond donors (Lipinski definition) is 1. The molecule has 0 amide bonds. The third kappa shape index (κ3) is 3.17. The van der Waals surface area contributed by atoms with Crippen LogP contribution in [0.2, 0.25) is 0 Å². The Morgan fingerprint density at radius 3 is 2.32 bits per heavy atom. The highest BCUT2D eigenvalue weighted by molar-refractivity contribution is 5.82. The Labute approximate surface area is 196 Å². The fraction of sp³-hybridized carbons (Fsp3) is 0.269. The highest BCUT2D eigenvalue weighted by Gasteiger charge is 2.27. The first-order valence-electron chi connectivity index (χ1n) is 11.5. The molecule has 8 heteroatoms. The Balaban J connectivity index is 2.02. The lowest BCUT2D eigenvalue weighted by atomic mass is 10.0. The van der Waals surface area contributed by atoms with Crippen LogP contribution in [0.25, 0.3) is 33.9 Å². The molecular formula is C26H27N5O3. The second kappa shape index (κ2) is 8.37. The molecule has 3 heterocycles. The van der Waals surface area contributed by atoms with Crippen LogP contribution in [0.5, 0.6) is 5.75 Å². The zero-order valence-electron chi connectivity index (χ0n) is 19.5. The molecule has 0 unspecified atom stereocenters. The molecule has 34 heavy (non-hydrogen) atoms. The maximum absolute atomic E-state index is 13.3. The Kier molecular flexibility index (Phi) is 5.36. The van der Waals surface area contributed by atoms with E-state index in [9.17, 15) is 14.7 Å². The van der Waals surface area contributed by atoms with Gasteiger partial charge >= 0.3 is 5.69 Å². The van der Waals surface area contributed by atoms with Crippen LogP contribution in [0.3, 0.4) is 0 Å². The number of fused-ring (bicyclic) bond motifs is 3. The van der Waals surface area contributed by atoms with Gasteiger partial charge in [-0.05, 0) is 25.0 Å². The molecule has 1 N–H and O–H groups in total. The fourth-order valence-corrected chi connectivity index (χ4v) is 4.67. The van der Waals surface area contributed by atoms with E-state index in [0.717, 1.165) is 40.8 Å². The predicted molar refractivity (Wildman–Crippen MR) is 133 cm³/mol. The monoisotopic (exact) mass is 457 g/mol. The zero-order chi connectivity index (χ0) is 24.0. The van der Waals surface area contributed by atoms with Crippen LogP contribution in [-0.2, 0) is 20.5 Å². The number of unbranched alkanes of at least 4 members (excludes halogenated alkanes) is 2. The number of hydrogen-bond acceptors (Lipinski definition) is 4. The van der Waals surface area contributed by atoms with Gasteiger partial charge in [0.15, 0.2) is 11.2 Å². The SMILES string of the molecule is CCCCCc1c(-c2ccccc2)n(-c2ccccc2O)c2nc3c(c(=O)n(C)c(=O)n3C)n12. The van der Waals surface area contributed by atoms with Crippen molar-refractivity contribution in [2.45, 2.75) is 32.6 Å². The number of aromatic nitrogens is 5. The van der Waals surface area contributed by atoms with E-state index in [2.05, 4.69) is 6.92 Å². The molecule has 8 nitrogen and oxygen atoms in total. The van der Waals surface area contributed by atoms with Gasteiger partial charge in [-0.2, -0.15) is 4.98 Å². The van der Waals surface area contributed by atoms with E-state index < -0.39 is 11.2 Å². The van der Waals surface area contributed by atoms with Crippen LogP contribution < -0.4 is 11.2 Å². The molecule has 5 aromatic rings. The first-order valence-corrected chi connectivity index (χ1v) is 11.5. The zero-order valence-corrected chi connectivity index (χ0v) is 19.5. The van der Waals surface area contributed by atoms with Crippen molar-refractivity contribution in [2.24, 2.45) is 14.1 Å². The molecule has 0 radical (unpaired) electrons. The first kappa shape index (κ1) is 21.8. The number of para-hydroxylation sites is 2. The molecule has 2 aromatic carbocycles. The van der Waals surface area contributed by atoms with Crippen molar-refractivity contribution in [3.8, 4) is 22.7 Å². The van der Waals surface area contributed by atoms with E-state index in [1.54, 1.807) is 19.2 Å². The van der Waals surface area contributed by atoms with Crippen molar-refractivity contribution in [2.75, 3.05) is 0 Å². The van der Waals surface area contributed by atoms with Crippen molar-refractivity contribution in [1.29, 1.82) is 0 Å². The van der Waals surface area contributed by atoms with Gasteiger partial charge in [-0.3, -0.25) is 22.9 Å². The number of aryl methyl sites for hydroxylation is 2. The molecule has 5 rings (SSSR count). The van der Waals surface area contributed by atoms with Crippen molar-refractivity contribution in [1.82, 2.24) is 23.1 Å². The van der Waals surface area contributed by atoms with E-state index in [-0.39, 0.29) is 5.75 Å². The number of rotatable bonds is 6. The highest BCUT2D eigenvalue weighted by Crippen LogP contribution is 2.36. The molecule has 0 aliphatic rings. The van der Waals surface area contributed by atoms with Gasteiger partial charge in [-0.1, -0.05) is 62.2 Å². The summed E-state index contributed by atoms with van der Waals surface area (Å²) in [6.07, 6.45) is 3.75.